The molecule has 0 bridgehead atoms. The molecule has 0 radical (unpaired) electrons. The number of nitrogens with one attached hydrogen (secondary N) is 1. The molecule has 1 saturated carbocycles. The Balaban J connectivity index is 1.50. The fourth-order valence-electron chi connectivity index (χ4n) is 5.02. The molecule has 0 aromatic carbocycles. The Hall–Kier alpha value is -0.940. The Morgan fingerprint density at radius 1 is 1.42 bits per heavy atom. The van der Waals surface area contributed by atoms with E-state index >= 15 is 0 Å². The SMILES string of the molecule is CCc1csc(C2CCCN(C(=O)[C@@]34CCCC[C@H]3CNC4)C2)n1. The summed E-state index contributed by atoms with van der Waals surface area (Å²) < 4.78 is 0. The molecular formula is C19H29N3OS. The maximum absolute atomic E-state index is 13.5. The van der Waals surface area contributed by atoms with E-state index in [0.29, 0.717) is 17.7 Å². The average molecular weight is 348 g/mol. The van der Waals surface area contributed by atoms with Crippen LogP contribution in [-0.2, 0) is 11.2 Å². The third kappa shape index (κ3) is 2.80. The minimum absolute atomic E-state index is 0.0996. The van der Waals surface area contributed by atoms with Crippen LogP contribution in [0.2, 0.25) is 0 Å². The minimum Gasteiger partial charge on any atom is -0.341 e. The molecule has 1 aromatic rings. The van der Waals surface area contributed by atoms with E-state index in [1.807, 2.05) is 0 Å². The molecule has 3 heterocycles. The van der Waals surface area contributed by atoms with Crippen molar-refractivity contribution in [2.45, 2.75) is 57.8 Å². The predicted octanol–water partition coefficient (Wildman–Crippen LogP) is 3.19. The van der Waals surface area contributed by atoms with Gasteiger partial charge in [-0.05, 0) is 44.6 Å². The van der Waals surface area contributed by atoms with E-state index in [0.717, 1.165) is 45.4 Å². The van der Waals surface area contributed by atoms with Gasteiger partial charge in [0, 0.05) is 30.9 Å². The van der Waals surface area contributed by atoms with E-state index in [4.69, 9.17) is 4.98 Å². The van der Waals surface area contributed by atoms with Gasteiger partial charge in [0.1, 0.15) is 0 Å². The molecule has 24 heavy (non-hydrogen) atoms. The van der Waals surface area contributed by atoms with Gasteiger partial charge in [0.25, 0.3) is 0 Å². The number of thiazole rings is 1. The summed E-state index contributed by atoms with van der Waals surface area (Å²) in [6, 6.07) is 0. The number of fused-ring (bicyclic) bond motifs is 1. The Bertz CT molecular complexity index is 601. The molecule has 3 fully saturated rings. The number of aryl methyl sites for hydroxylation is 1. The summed E-state index contributed by atoms with van der Waals surface area (Å²) >= 11 is 1.79. The molecule has 3 aliphatic rings. The number of carbonyl (C=O) groups is 1. The number of nitrogens with zero attached hydrogens (tertiary/aromatic N) is 2. The lowest BCUT2D eigenvalue weighted by atomic mass is 9.67. The lowest BCUT2D eigenvalue weighted by Crippen LogP contribution is -2.52. The number of aromatic nitrogens is 1. The second-order valence-electron chi connectivity index (χ2n) is 7.85. The van der Waals surface area contributed by atoms with Crippen LogP contribution >= 0.6 is 11.3 Å². The molecule has 132 valence electrons. The first-order valence-electron chi connectivity index (χ1n) is 9.67. The van der Waals surface area contributed by atoms with Crippen LogP contribution in [-0.4, -0.2) is 42.0 Å². The smallest absolute Gasteiger partial charge is 0.230 e. The van der Waals surface area contributed by atoms with E-state index in [9.17, 15) is 4.79 Å². The van der Waals surface area contributed by atoms with Gasteiger partial charge in [0.2, 0.25) is 5.91 Å². The van der Waals surface area contributed by atoms with Gasteiger partial charge in [0.15, 0.2) is 0 Å². The van der Waals surface area contributed by atoms with Crippen molar-refractivity contribution in [3.05, 3.63) is 16.1 Å². The molecule has 4 rings (SSSR count). The highest BCUT2D eigenvalue weighted by molar-refractivity contribution is 7.09. The van der Waals surface area contributed by atoms with Gasteiger partial charge in [0.05, 0.1) is 16.1 Å². The van der Waals surface area contributed by atoms with Crippen LogP contribution in [0.3, 0.4) is 0 Å². The first-order valence-corrected chi connectivity index (χ1v) is 10.6. The number of likely N-dealkylation sites (tertiary alicyclic amines) is 1. The third-order valence-electron chi connectivity index (χ3n) is 6.45. The summed E-state index contributed by atoms with van der Waals surface area (Å²) in [6.45, 7) is 5.91. The van der Waals surface area contributed by atoms with Gasteiger partial charge in [-0.3, -0.25) is 4.79 Å². The van der Waals surface area contributed by atoms with Crippen LogP contribution in [0.4, 0.5) is 0 Å². The monoisotopic (exact) mass is 347 g/mol. The summed E-state index contributed by atoms with van der Waals surface area (Å²) in [5, 5.41) is 6.95. The summed E-state index contributed by atoms with van der Waals surface area (Å²) in [4.78, 5) is 20.4. The molecule has 1 N–H and O–H groups in total. The van der Waals surface area contributed by atoms with Crippen molar-refractivity contribution < 1.29 is 4.79 Å². The van der Waals surface area contributed by atoms with Crippen molar-refractivity contribution in [2.75, 3.05) is 26.2 Å². The van der Waals surface area contributed by atoms with Crippen LogP contribution < -0.4 is 5.32 Å². The number of hydrogen-bond donors (Lipinski definition) is 1. The average Bonchev–Trinajstić information content (AvgIpc) is 3.28. The topological polar surface area (TPSA) is 45.2 Å². The van der Waals surface area contributed by atoms with Crippen molar-refractivity contribution >= 4 is 17.2 Å². The first-order chi connectivity index (χ1) is 11.7. The molecule has 0 spiro atoms. The summed E-state index contributed by atoms with van der Waals surface area (Å²) in [5.74, 6) is 1.45. The van der Waals surface area contributed by atoms with Gasteiger partial charge in [-0.1, -0.05) is 19.8 Å². The molecule has 5 heteroatoms. The molecule has 1 aliphatic carbocycles. The van der Waals surface area contributed by atoms with Crippen LogP contribution in [0.1, 0.15) is 62.1 Å². The molecule has 1 unspecified atom stereocenters. The second-order valence-corrected chi connectivity index (χ2v) is 8.74. The number of amides is 1. The first kappa shape index (κ1) is 16.5. The summed E-state index contributed by atoms with van der Waals surface area (Å²) in [6.07, 6.45) is 8.11. The van der Waals surface area contributed by atoms with Crippen molar-refractivity contribution in [1.82, 2.24) is 15.2 Å². The number of hydrogen-bond acceptors (Lipinski definition) is 4. The van der Waals surface area contributed by atoms with Gasteiger partial charge >= 0.3 is 0 Å². The maximum Gasteiger partial charge on any atom is 0.230 e. The van der Waals surface area contributed by atoms with E-state index in [2.05, 4.69) is 22.5 Å². The van der Waals surface area contributed by atoms with Crippen molar-refractivity contribution in [2.24, 2.45) is 11.3 Å². The number of rotatable bonds is 3. The van der Waals surface area contributed by atoms with Crippen molar-refractivity contribution in [1.29, 1.82) is 0 Å². The minimum atomic E-state index is -0.0996. The highest BCUT2D eigenvalue weighted by Crippen LogP contribution is 2.46. The van der Waals surface area contributed by atoms with Gasteiger partial charge < -0.3 is 10.2 Å². The fraction of sp³-hybridized carbons (Fsp3) is 0.789. The molecule has 4 nitrogen and oxygen atoms in total. The van der Waals surface area contributed by atoms with E-state index in [1.165, 1.54) is 36.4 Å². The zero-order valence-corrected chi connectivity index (χ0v) is 15.5. The highest BCUT2D eigenvalue weighted by Gasteiger charge is 2.51. The molecular weight excluding hydrogens is 318 g/mol. The second kappa shape index (κ2) is 6.75. The van der Waals surface area contributed by atoms with Crippen LogP contribution in [0.15, 0.2) is 5.38 Å². The Labute approximate surface area is 149 Å². The summed E-state index contributed by atoms with van der Waals surface area (Å²) in [5.41, 5.74) is 1.10. The van der Waals surface area contributed by atoms with E-state index in [-0.39, 0.29) is 5.41 Å². The van der Waals surface area contributed by atoms with Crippen LogP contribution in [0.25, 0.3) is 0 Å². The van der Waals surface area contributed by atoms with Crippen molar-refractivity contribution in [3.63, 3.8) is 0 Å². The maximum atomic E-state index is 13.5. The molecule has 1 aromatic heterocycles. The highest BCUT2D eigenvalue weighted by atomic mass is 32.1. The van der Waals surface area contributed by atoms with Crippen LogP contribution in [0.5, 0.6) is 0 Å². The largest absolute Gasteiger partial charge is 0.341 e. The zero-order chi connectivity index (χ0) is 16.6. The molecule has 2 aliphatic heterocycles. The summed E-state index contributed by atoms with van der Waals surface area (Å²) in [7, 11) is 0. The lowest BCUT2D eigenvalue weighted by molar-refractivity contribution is -0.146. The normalized spacial score (nSPS) is 33.5. The molecule has 3 atom stereocenters. The lowest BCUT2D eigenvalue weighted by Gasteiger charge is -2.43. The van der Waals surface area contributed by atoms with E-state index in [1.54, 1.807) is 11.3 Å². The standard InChI is InChI=1S/C19H29N3OS/c1-2-16-12-24-17(21-16)14-6-5-9-22(11-14)18(23)19-8-4-3-7-15(19)10-20-13-19/h12,14-15,20H,2-11,13H2,1H3/t14?,15-,19+/m0/s1. The van der Waals surface area contributed by atoms with Gasteiger partial charge in [-0.25, -0.2) is 4.98 Å². The molecule has 2 saturated heterocycles. The predicted molar refractivity (Wildman–Crippen MR) is 97.3 cm³/mol. The Kier molecular flexibility index (Phi) is 4.65. The fourth-order valence-corrected chi connectivity index (χ4v) is 6.05. The van der Waals surface area contributed by atoms with E-state index < -0.39 is 0 Å². The molecule has 1 amide bonds. The third-order valence-corrected chi connectivity index (χ3v) is 7.51. The van der Waals surface area contributed by atoms with Crippen LogP contribution in [0, 0.1) is 11.3 Å². The van der Waals surface area contributed by atoms with Gasteiger partial charge in [-0.15, -0.1) is 11.3 Å². The van der Waals surface area contributed by atoms with Crippen molar-refractivity contribution in [3.8, 4) is 0 Å². The number of carbonyl (C=O) groups excluding carboxylic acids is 1. The Morgan fingerprint density at radius 3 is 3.17 bits per heavy atom. The zero-order valence-electron chi connectivity index (χ0n) is 14.7. The Morgan fingerprint density at radius 2 is 2.33 bits per heavy atom. The van der Waals surface area contributed by atoms with Gasteiger partial charge in [-0.2, -0.15) is 0 Å². The quantitative estimate of drug-likeness (QED) is 0.913. The number of piperidine rings is 1.